The zero-order valence-electron chi connectivity index (χ0n) is 19.7. The standard InChI is InChI=1S/C27H30ClN3O3/c1-18(2)31-25(33)22-10-4-3-9-21(22)23(26(34)29-13-6-14-29)27(31)11-15-30(16-12-27)24(32)19-7-5-8-20(28)17-19/h3-5,7-10,17-18,23H,6,11-16H2,1-2H3. The van der Waals surface area contributed by atoms with E-state index in [1.54, 1.807) is 24.3 Å². The van der Waals surface area contributed by atoms with Gasteiger partial charge in [0.1, 0.15) is 0 Å². The molecule has 1 unspecified atom stereocenters. The third kappa shape index (κ3) is 3.59. The summed E-state index contributed by atoms with van der Waals surface area (Å²) >= 11 is 6.11. The summed E-state index contributed by atoms with van der Waals surface area (Å²) in [5, 5.41) is 0.528. The van der Waals surface area contributed by atoms with Crippen LogP contribution in [-0.2, 0) is 4.79 Å². The van der Waals surface area contributed by atoms with Crippen molar-refractivity contribution in [2.24, 2.45) is 0 Å². The maximum atomic E-state index is 13.9. The van der Waals surface area contributed by atoms with Gasteiger partial charge in [-0.05, 0) is 62.9 Å². The zero-order valence-corrected chi connectivity index (χ0v) is 20.4. The second-order valence-corrected chi connectivity index (χ2v) is 10.3. The molecule has 3 heterocycles. The number of hydrogen-bond acceptors (Lipinski definition) is 3. The number of fused-ring (bicyclic) bond motifs is 1. The molecule has 0 saturated carbocycles. The first-order valence-electron chi connectivity index (χ1n) is 12.1. The molecule has 178 valence electrons. The lowest BCUT2D eigenvalue weighted by atomic mass is 9.66. The van der Waals surface area contributed by atoms with Crippen molar-refractivity contribution in [2.45, 2.75) is 50.6 Å². The van der Waals surface area contributed by atoms with Gasteiger partial charge in [0.15, 0.2) is 0 Å². The zero-order chi connectivity index (χ0) is 24.0. The smallest absolute Gasteiger partial charge is 0.254 e. The Morgan fingerprint density at radius 1 is 0.971 bits per heavy atom. The molecule has 5 rings (SSSR count). The topological polar surface area (TPSA) is 60.9 Å². The minimum absolute atomic E-state index is 0.0205. The fourth-order valence-electron chi connectivity index (χ4n) is 5.97. The third-order valence-corrected chi connectivity index (χ3v) is 7.89. The first-order valence-corrected chi connectivity index (χ1v) is 12.5. The van der Waals surface area contributed by atoms with Crippen LogP contribution in [0.3, 0.4) is 0 Å². The number of halogens is 1. The van der Waals surface area contributed by atoms with E-state index in [4.69, 9.17) is 11.6 Å². The van der Waals surface area contributed by atoms with Crippen molar-refractivity contribution in [2.75, 3.05) is 26.2 Å². The largest absolute Gasteiger partial charge is 0.342 e. The summed E-state index contributed by atoms with van der Waals surface area (Å²) in [6.45, 7) is 6.53. The highest BCUT2D eigenvalue weighted by Gasteiger charge is 2.57. The number of nitrogens with zero attached hydrogens (tertiary/aromatic N) is 3. The Morgan fingerprint density at radius 2 is 1.68 bits per heavy atom. The number of rotatable bonds is 3. The SMILES string of the molecule is CC(C)N1C(=O)c2ccccc2C(C(=O)N2CCC2)C12CCN(C(=O)c1cccc(Cl)c1)CC2. The highest BCUT2D eigenvalue weighted by Crippen LogP contribution is 2.49. The molecule has 3 aliphatic rings. The van der Waals surface area contributed by atoms with E-state index in [1.165, 1.54) is 0 Å². The molecule has 2 fully saturated rings. The minimum atomic E-state index is -0.655. The fraction of sp³-hybridized carbons (Fsp3) is 0.444. The molecule has 2 aromatic rings. The summed E-state index contributed by atoms with van der Waals surface area (Å²) in [6, 6.07) is 14.5. The minimum Gasteiger partial charge on any atom is -0.342 e. The van der Waals surface area contributed by atoms with E-state index in [1.807, 2.05) is 52.8 Å². The fourth-order valence-corrected chi connectivity index (χ4v) is 6.16. The van der Waals surface area contributed by atoms with Crippen molar-refractivity contribution in [1.29, 1.82) is 0 Å². The lowest BCUT2D eigenvalue weighted by Gasteiger charge is -2.57. The third-order valence-electron chi connectivity index (χ3n) is 7.66. The lowest BCUT2D eigenvalue weighted by molar-refractivity contribution is -0.142. The van der Waals surface area contributed by atoms with Gasteiger partial charge in [0.2, 0.25) is 5.91 Å². The predicted molar refractivity (Wildman–Crippen MR) is 131 cm³/mol. The van der Waals surface area contributed by atoms with E-state index in [0.29, 0.717) is 42.1 Å². The summed E-state index contributed by atoms with van der Waals surface area (Å²) in [7, 11) is 0. The van der Waals surface area contributed by atoms with E-state index in [0.717, 1.165) is 25.1 Å². The summed E-state index contributed by atoms with van der Waals surface area (Å²) in [6.07, 6.45) is 2.13. The van der Waals surface area contributed by atoms with Crippen molar-refractivity contribution >= 4 is 29.3 Å². The monoisotopic (exact) mass is 479 g/mol. The van der Waals surface area contributed by atoms with E-state index in [9.17, 15) is 14.4 Å². The molecule has 0 aliphatic carbocycles. The predicted octanol–water partition coefficient (Wildman–Crippen LogP) is 4.20. The van der Waals surface area contributed by atoms with Gasteiger partial charge in [-0.3, -0.25) is 14.4 Å². The molecule has 3 aliphatic heterocycles. The van der Waals surface area contributed by atoms with Gasteiger partial charge < -0.3 is 14.7 Å². The van der Waals surface area contributed by atoms with Crippen LogP contribution in [0.1, 0.15) is 65.3 Å². The van der Waals surface area contributed by atoms with Crippen LogP contribution in [0.25, 0.3) is 0 Å². The van der Waals surface area contributed by atoms with Gasteiger partial charge >= 0.3 is 0 Å². The lowest BCUT2D eigenvalue weighted by Crippen LogP contribution is -2.68. The number of benzene rings is 2. The molecule has 3 amide bonds. The van der Waals surface area contributed by atoms with Gasteiger partial charge in [0.25, 0.3) is 11.8 Å². The Kier molecular flexibility index (Phi) is 5.88. The summed E-state index contributed by atoms with van der Waals surface area (Å²) < 4.78 is 0. The molecule has 6 nitrogen and oxygen atoms in total. The van der Waals surface area contributed by atoms with Gasteiger partial charge in [-0.1, -0.05) is 35.9 Å². The normalized spacial score (nSPS) is 21.5. The molecular formula is C27H30ClN3O3. The molecule has 34 heavy (non-hydrogen) atoms. The Bertz CT molecular complexity index is 1140. The number of likely N-dealkylation sites (tertiary alicyclic amines) is 2. The average molecular weight is 480 g/mol. The van der Waals surface area contributed by atoms with E-state index < -0.39 is 11.5 Å². The maximum Gasteiger partial charge on any atom is 0.254 e. The van der Waals surface area contributed by atoms with Crippen molar-refractivity contribution in [3.8, 4) is 0 Å². The molecule has 0 N–H and O–H groups in total. The van der Waals surface area contributed by atoms with Crippen LogP contribution < -0.4 is 0 Å². The summed E-state index contributed by atoms with van der Waals surface area (Å²) in [4.78, 5) is 46.5. The first-order chi connectivity index (χ1) is 16.3. The Hall–Kier alpha value is -2.86. The number of amides is 3. The second-order valence-electron chi connectivity index (χ2n) is 9.87. The van der Waals surface area contributed by atoms with Gasteiger partial charge in [-0.2, -0.15) is 0 Å². The van der Waals surface area contributed by atoms with Crippen LogP contribution in [0.15, 0.2) is 48.5 Å². The number of hydrogen-bond donors (Lipinski definition) is 0. The van der Waals surface area contributed by atoms with Crippen LogP contribution in [0.4, 0.5) is 0 Å². The van der Waals surface area contributed by atoms with Crippen LogP contribution >= 0.6 is 11.6 Å². The van der Waals surface area contributed by atoms with Crippen LogP contribution in [-0.4, -0.2) is 70.2 Å². The van der Waals surface area contributed by atoms with Crippen molar-refractivity contribution in [1.82, 2.24) is 14.7 Å². The molecule has 1 spiro atoms. The molecule has 2 aromatic carbocycles. The molecular weight excluding hydrogens is 450 g/mol. The van der Waals surface area contributed by atoms with E-state index in [2.05, 4.69) is 0 Å². The second kappa shape index (κ2) is 8.73. The van der Waals surface area contributed by atoms with Gasteiger partial charge in [-0.25, -0.2) is 0 Å². The van der Waals surface area contributed by atoms with Crippen molar-refractivity contribution in [3.05, 3.63) is 70.2 Å². The van der Waals surface area contributed by atoms with Crippen molar-refractivity contribution in [3.63, 3.8) is 0 Å². The first kappa shape index (κ1) is 22.9. The summed E-state index contributed by atoms with van der Waals surface area (Å²) in [5.41, 5.74) is 1.36. The van der Waals surface area contributed by atoms with Crippen LogP contribution in [0.2, 0.25) is 5.02 Å². The number of piperidine rings is 1. The highest BCUT2D eigenvalue weighted by molar-refractivity contribution is 6.31. The Labute approximate surface area is 205 Å². The maximum absolute atomic E-state index is 13.9. The highest BCUT2D eigenvalue weighted by atomic mass is 35.5. The summed E-state index contributed by atoms with van der Waals surface area (Å²) in [5.74, 6) is -0.409. The van der Waals surface area contributed by atoms with Crippen LogP contribution in [0.5, 0.6) is 0 Å². The van der Waals surface area contributed by atoms with E-state index >= 15 is 0 Å². The molecule has 2 saturated heterocycles. The average Bonchev–Trinajstić information content (AvgIpc) is 2.78. The van der Waals surface area contributed by atoms with Gasteiger partial charge in [0, 0.05) is 48.4 Å². The van der Waals surface area contributed by atoms with Gasteiger partial charge in [-0.15, -0.1) is 0 Å². The quantitative estimate of drug-likeness (QED) is 0.663. The Balaban J connectivity index is 1.52. The van der Waals surface area contributed by atoms with E-state index in [-0.39, 0.29) is 23.8 Å². The molecule has 7 heteroatoms. The molecule has 1 atom stereocenters. The van der Waals surface area contributed by atoms with Crippen molar-refractivity contribution < 1.29 is 14.4 Å². The number of carbonyl (C=O) groups excluding carboxylic acids is 3. The molecule has 0 radical (unpaired) electrons. The molecule has 0 aromatic heterocycles. The Morgan fingerprint density at radius 3 is 2.29 bits per heavy atom. The molecule has 0 bridgehead atoms. The van der Waals surface area contributed by atoms with Gasteiger partial charge in [0.05, 0.1) is 11.5 Å². The number of carbonyl (C=O) groups is 3. The van der Waals surface area contributed by atoms with Crippen LogP contribution in [0, 0.1) is 0 Å².